The van der Waals surface area contributed by atoms with Crippen LogP contribution in [0.1, 0.15) is 17.7 Å². The number of hydrogen-bond acceptors (Lipinski definition) is 6. The summed E-state index contributed by atoms with van der Waals surface area (Å²) in [6, 6.07) is 5.66. The molecule has 0 aromatic carbocycles. The van der Waals surface area contributed by atoms with Gasteiger partial charge in [-0.2, -0.15) is 0 Å². The molecule has 2 N–H and O–H groups in total. The summed E-state index contributed by atoms with van der Waals surface area (Å²) in [6.07, 6.45) is 2.18. The van der Waals surface area contributed by atoms with Crippen molar-refractivity contribution in [2.24, 2.45) is 0 Å². The molecule has 7 heteroatoms. The van der Waals surface area contributed by atoms with Crippen LogP contribution in [0.15, 0.2) is 28.9 Å². The molecular formula is C16H17FN4OS. The number of rotatable bonds is 3. The monoisotopic (exact) mass is 332 g/mol. The highest BCUT2D eigenvalue weighted by molar-refractivity contribution is 7.18. The molecule has 0 unspecified atom stereocenters. The molecule has 0 radical (unpaired) electrons. The van der Waals surface area contributed by atoms with E-state index in [1.54, 1.807) is 23.7 Å². The van der Waals surface area contributed by atoms with E-state index >= 15 is 0 Å². The predicted octanol–water partition coefficient (Wildman–Crippen LogP) is 3.47. The lowest BCUT2D eigenvalue weighted by atomic mass is 10.1. The minimum absolute atomic E-state index is 0.464. The number of nitrogens with zero attached hydrogens (tertiary/aromatic N) is 3. The number of furan rings is 1. The van der Waals surface area contributed by atoms with Crippen molar-refractivity contribution in [2.75, 3.05) is 18.8 Å². The van der Waals surface area contributed by atoms with Gasteiger partial charge in [0.05, 0.1) is 11.6 Å². The number of hydrogen-bond donors (Lipinski definition) is 1. The molecular weight excluding hydrogens is 315 g/mol. The Morgan fingerprint density at radius 2 is 2.17 bits per heavy atom. The van der Waals surface area contributed by atoms with Gasteiger partial charge in [0.1, 0.15) is 16.8 Å². The van der Waals surface area contributed by atoms with Crippen LogP contribution in [0, 0.1) is 0 Å². The van der Waals surface area contributed by atoms with E-state index < -0.39 is 6.17 Å². The number of piperidine rings is 1. The Kier molecular flexibility index (Phi) is 3.74. The molecule has 4 heterocycles. The highest BCUT2D eigenvalue weighted by Crippen LogP contribution is 2.31. The SMILES string of the molecule is Nc1nc(-c2ccco2)nc2sc(CN3CCC(F)CC3)cc12. The molecule has 5 nitrogen and oxygen atoms in total. The molecule has 0 saturated carbocycles. The quantitative estimate of drug-likeness (QED) is 0.795. The van der Waals surface area contributed by atoms with E-state index in [1.165, 1.54) is 4.88 Å². The summed E-state index contributed by atoms with van der Waals surface area (Å²) in [5, 5.41) is 0.876. The van der Waals surface area contributed by atoms with Crippen LogP contribution < -0.4 is 5.73 Å². The summed E-state index contributed by atoms with van der Waals surface area (Å²) in [4.78, 5) is 13.2. The van der Waals surface area contributed by atoms with E-state index in [1.807, 2.05) is 12.1 Å². The Hall–Kier alpha value is -1.99. The molecule has 3 aromatic rings. The van der Waals surface area contributed by atoms with Crippen molar-refractivity contribution in [2.45, 2.75) is 25.6 Å². The number of nitrogen functional groups attached to an aromatic ring is 1. The standard InChI is InChI=1S/C16H17FN4OS/c17-10-3-5-21(6-4-10)9-11-8-12-14(18)19-15(20-16(12)23-11)13-2-1-7-22-13/h1-2,7-8,10H,3-6,9H2,(H2,18,19,20). The normalized spacial score (nSPS) is 17.1. The molecule has 4 rings (SSSR count). The molecule has 0 atom stereocenters. The lowest BCUT2D eigenvalue weighted by molar-refractivity contribution is 0.146. The van der Waals surface area contributed by atoms with E-state index in [0.29, 0.717) is 30.2 Å². The Bertz CT molecular complexity index is 809. The van der Waals surface area contributed by atoms with Crippen molar-refractivity contribution in [1.82, 2.24) is 14.9 Å². The van der Waals surface area contributed by atoms with Gasteiger partial charge in [0.15, 0.2) is 11.6 Å². The maximum Gasteiger partial charge on any atom is 0.199 e. The highest BCUT2D eigenvalue weighted by atomic mass is 32.1. The van der Waals surface area contributed by atoms with Crippen molar-refractivity contribution in [3.05, 3.63) is 29.3 Å². The molecule has 1 fully saturated rings. The number of alkyl halides is 1. The number of anilines is 1. The molecule has 120 valence electrons. The van der Waals surface area contributed by atoms with Crippen molar-refractivity contribution < 1.29 is 8.81 Å². The molecule has 1 aliphatic heterocycles. The third-order valence-corrected chi connectivity index (χ3v) is 5.13. The summed E-state index contributed by atoms with van der Waals surface area (Å²) >= 11 is 1.61. The first-order valence-electron chi connectivity index (χ1n) is 7.65. The van der Waals surface area contributed by atoms with Crippen molar-refractivity contribution in [3.63, 3.8) is 0 Å². The van der Waals surface area contributed by atoms with Gasteiger partial charge in [-0.3, -0.25) is 4.90 Å². The number of thiophene rings is 1. The minimum Gasteiger partial charge on any atom is -0.461 e. The lowest BCUT2D eigenvalue weighted by Gasteiger charge is -2.27. The molecule has 0 amide bonds. The number of halogens is 1. The van der Waals surface area contributed by atoms with Crippen LogP contribution in [0.5, 0.6) is 0 Å². The Labute approximate surface area is 136 Å². The van der Waals surface area contributed by atoms with Gasteiger partial charge in [-0.15, -0.1) is 11.3 Å². The smallest absolute Gasteiger partial charge is 0.199 e. The maximum absolute atomic E-state index is 13.2. The number of aromatic nitrogens is 2. The van der Waals surface area contributed by atoms with E-state index in [0.717, 1.165) is 29.9 Å². The van der Waals surface area contributed by atoms with Gasteiger partial charge in [-0.25, -0.2) is 14.4 Å². The number of nitrogens with two attached hydrogens (primary N) is 1. The maximum atomic E-state index is 13.2. The average Bonchev–Trinajstić information content (AvgIpc) is 3.19. The summed E-state index contributed by atoms with van der Waals surface area (Å²) in [6.45, 7) is 2.41. The first kappa shape index (κ1) is 14.6. The zero-order chi connectivity index (χ0) is 15.8. The Morgan fingerprint density at radius 3 is 2.91 bits per heavy atom. The summed E-state index contributed by atoms with van der Waals surface area (Å²) in [7, 11) is 0. The van der Waals surface area contributed by atoms with Crippen molar-refractivity contribution >= 4 is 27.4 Å². The van der Waals surface area contributed by atoms with Crippen LogP contribution in [-0.4, -0.2) is 34.1 Å². The van der Waals surface area contributed by atoms with Crippen LogP contribution in [-0.2, 0) is 6.54 Å². The van der Waals surface area contributed by atoms with Crippen LogP contribution in [0.3, 0.4) is 0 Å². The summed E-state index contributed by atoms with van der Waals surface area (Å²) in [5.74, 6) is 1.58. The zero-order valence-electron chi connectivity index (χ0n) is 12.5. The molecule has 0 aliphatic carbocycles. The second-order valence-electron chi connectivity index (χ2n) is 5.79. The first-order valence-corrected chi connectivity index (χ1v) is 8.47. The zero-order valence-corrected chi connectivity index (χ0v) is 13.4. The Balaban J connectivity index is 1.61. The van der Waals surface area contributed by atoms with E-state index in [9.17, 15) is 4.39 Å². The largest absolute Gasteiger partial charge is 0.461 e. The Morgan fingerprint density at radius 1 is 1.35 bits per heavy atom. The first-order chi connectivity index (χ1) is 11.2. The molecule has 3 aromatic heterocycles. The van der Waals surface area contributed by atoms with Gasteiger partial charge in [0.2, 0.25) is 0 Å². The molecule has 1 saturated heterocycles. The topological polar surface area (TPSA) is 68.2 Å². The van der Waals surface area contributed by atoms with Crippen LogP contribution in [0.4, 0.5) is 10.2 Å². The van der Waals surface area contributed by atoms with Gasteiger partial charge >= 0.3 is 0 Å². The average molecular weight is 332 g/mol. The summed E-state index contributed by atoms with van der Waals surface area (Å²) < 4.78 is 18.6. The second kappa shape index (κ2) is 5.90. The van der Waals surface area contributed by atoms with Crippen LogP contribution in [0.2, 0.25) is 0 Å². The lowest BCUT2D eigenvalue weighted by Crippen LogP contribution is -2.33. The fraction of sp³-hybridized carbons (Fsp3) is 0.375. The van der Waals surface area contributed by atoms with Crippen molar-refractivity contribution in [3.8, 4) is 11.6 Å². The van der Waals surface area contributed by atoms with Crippen LogP contribution >= 0.6 is 11.3 Å². The highest BCUT2D eigenvalue weighted by Gasteiger charge is 2.20. The molecule has 0 spiro atoms. The minimum atomic E-state index is -0.647. The molecule has 0 bridgehead atoms. The van der Waals surface area contributed by atoms with Gasteiger partial charge in [-0.1, -0.05) is 0 Å². The fourth-order valence-electron chi connectivity index (χ4n) is 2.87. The van der Waals surface area contributed by atoms with Gasteiger partial charge in [0.25, 0.3) is 0 Å². The van der Waals surface area contributed by atoms with Gasteiger partial charge < -0.3 is 10.2 Å². The third-order valence-electron chi connectivity index (χ3n) is 4.11. The van der Waals surface area contributed by atoms with Crippen LogP contribution in [0.25, 0.3) is 21.8 Å². The number of likely N-dealkylation sites (tertiary alicyclic amines) is 1. The van der Waals surface area contributed by atoms with Crippen molar-refractivity contribution in [1.29, 1.82) is 0 Å². The molecule has 1 aliphatic rings. The molecule has 23 heavy (non-hydrogen) atoms. The van der Waals surface area contributed by atoms with E-state index in [4.69, 9.17) is 10.2 Å². The number of fused-ring (bicyclic) bond motifs is 1. The predicted molar refractivity (Wildman–Crippen MR) is 88.9 cm³/mol. The van der Waals surface area contributed by atoms with Gasteiger partial charge in [-0.05, 0) is 31.0 Å². The second-order valence-corrected chi connectivity index (χ2v) is 6.91. The third kappa shape index (κ3) is 2.94. The van der Waals surface area contributed by atoms with E-state index in [2.05, 4.69) is 14.9 Å². The van der Waals surface area contributed by atoms with E-state index in [-0.39, 0.29) is 0 Å². The fourth-order valence-corrected chi connectivity index (χ4v) is 3.95. The van der Waals surface area contributed by atoms with Gasteiger partial charge in [0, 0.05) is 24.5 Å². The summed E-state index contributed by atoms with van der Waals surface area (Å²) in [5.41, 5.74) is 6.08.